The minimum atomic E-state index is -0.469. The van der Waals surface area contributed by atoms with Crippen LogP contribution < -0.4 is 10.2 Å². The van der Waals surface area contributed by atoms with Gasteiger partial charge in [0.25, 0.3) is 11.6 Å². The molecule has 0 aromatic heterocycles. The molecule has 7 nitrogen and oxygen atoms in total. The summed E-state index contributed by atoms with van der Waals surface area (Å²) in [5, 5.41) is 13.8. The highest BCUT2D eigenvalue weighted by atomic mass is 16.6. The third-order valence-corrected chi connectivity index (χ3v) is 4.93. The molecule has 1 amide bonds. The van der Waals surface area contributed by atoms with Crippen molar-refractivity contribution in [1.82, 2.24) is 10.2 Å². The van der Waals surface area contributed by atoms with Gasteiger partial charge in [-0.3, -0.25) is 14.9 Å². The standard InChI is InChI=1S/C20H24N4O3/c1-15-3-6-17(13-19(15)24(26)27)20(25)21-14-16-4-7-18(8-5-16)23-11-9-22(2)10-12-23/h3-8,13H,9-12,14H2,1-2H3,(H,21,25). The molecule has 2 aromatic carbocycles. The Bertz CT molecular complexity index is 828. The molecule has 0 aliphatic carbocycles. The molecule has 1 aliphatic rings. The molecule has 0 bridgehead atoms. The summed E-state index contributed by atoms with van der Waals surface area (Å²) >= 11 is 0. The Morgan fingerprint density at radius 2 is 1.78 bits per heavy atom. The van der Waals surface area contributed by atoms with Crippen LogP contribution >= 0.6 is 0 Å². The van der Waals surface area contributed by atoms with E-state index in [1.165, 1.54) is 11.8 Å². The minimum Gasteiger partial charge on any atom is -0.369 e. The first-order chi connectivity index (χ1) is 12.9. The summed E-state index contributed by atoms with van der Waals surface area (Å²) in [5.41, 5.74) is 2.96. The van der Waals surface area contributed by atoms with E-state index in [1.54, 1.807) is 19.1 Å². The fourth-order valence-electron chi connectivity index (χ4n) is 3.12. The largest absolute Gasteiger partial charge is 0.369 e. The molecule has 0 atom stereocenters. The third-order valence-electron chi connectivity index (χ3n) is 4.93. The van der Waals surface area contributed by atoms with Crippen LogP contribution in [0.2, 0.25) is 0 Å². The number of carbonyl (C=O) groups is 1. The lowest BCUT2D eigenvalue weighted by molar-refractivity contribution is -0.385. The van der Waals surface area contributed by atoms with Crippen LogP contribution in [0.4, 0.5) is 11.4 Å². The number of amides is 1. The van der Waals surface area contributed by atoms with Crippen LogP contribution in [0, 0.1) is 17.0 Å². The number of nitrogens with one attached hydrogen (secondary N) is 1. The molecule has 1 aliphatic heterocycles. The lowest BCUT2D eigenvalue weighted by Crippen LogP contribution is -2.44. The number of likely N-dealkylation sites (N-methyl/N-ethyl adjacent to an activating group) is 1. The molecule has 1 N–H and O–H groups in total. The van der Waals surface area contributed by atoms with Crippen LogP contribution in [-0.2, 0) is 6.54 Å². The van der Waals surface area contributed by atoms with Gasteiger partial charge in [0.15, 0.2) is 0 Å². The average Bonchev–Trinajstić information content (AvgIpc) is 2.67. The Morgan fingerprint density at radius 3 is 2.41 bits per heavy atom. The molecule has 1 saturated heterocycles. The molecule has 3 rings (SSSR count). The molecule has 0 saturated carbocycles. The Morgan fingerprint density at radius 1 is 1.11 bits per heavy atom. The summed E-state index contributed by atoms with van der Waals surface area (Å²) < 4.78 is 0. The van der Waals surface area contributed by atoms with Crippen LogP contribution in [0.3, 0.4) is 0 Å². The second kappa shape index (κ2) is 8.18. The number of carbonyl (C=O) groups excluding carboxylic acids is 1. The quantitative estimate of drug-likeness (QED) is 0.648. The molecular weight excluding hydrogens is 344 g/mol. The Labute approximate surface area is 158 Å². The average molecular weight is 368 g/mol. The summed E-state index contributed by atoms with van der Waals surface area (Å²) in [4.78, 5) is 27.5. The zero-order valence-electron chi connectivity index (χ0n) is 15.6. The number of nitro benzene ring substituents is 1. The van der Waals surface area contributed by atoms with Crippen LogP contribution in [0.15, 0.2) is 42.5 Å². The van der Waals surface area contributed by atoms with E-state index in [1.807, 2.05) is 12.1 Å². The molecule has 0 radical (unpaired) electrons. The van der Waals surface area contributed by atoms with Crippen molar-refractivity contribution in [3.63, 3.8) is 0 Å². The molecule has 7 heteroatoms. The van der Waals surface area contributed by atoms with Gasteiger partial charge in [-0.15, -0.1) is 0 Å². The number of hydrogen-bond donors (Lipinski definition) is 1. The molecule has 27 heavy (non-hydrogen) atoms. The predicted octanol–water partition coefficient (Wildman–Crippen LogP) is 2.59. The number of nitro groups is 1. The maximum atomic E-state index is 12.3. The highest BCUT2D eigenvalue weighted by Crippen LogP contribution is 2.20. The molecule has 2 aromatic rings. The zero-order valence-corrected chi connectivity index (χ0v) is 15.6. The summed E-state index contributed by atoms with van der Waals surface area (Å²) in [6.07, 6.45) is 0. The van der Waals surface area contributed by atoms with Gasteiger partial charge in [-0.1, -0.05) is 18.2 Å². The van der Waals surface area contributed by atoms with E-state index in [9.17, 15) is 14.9 Å². The van der Waals surface area contributed by atoms with Gasteiger partial charge in [-0.05, 0) is 37.7 Å². The van der Waals surface area contributed by atoms with Crippen LogP contribution in [0.5, 0.6) is 0 Å². The summed E-state index contributed by atoms with van der Waals surface area (Å²) in [6, 6.07) is 12.7. The van der Waals surface area contributed by atoms with Gasteiger partial charge in [-0.2, -0.15) is 0 Å². The van der Waals surface area contributed by atoms with E-state index in [-0.39, 0.29) is 11.6 Å². The molecule has 1 fully saturated rings. The van der Waals surface area contributed by atoms with Gasteiger partial charge in [0.05, 0.1) is 4.92 Å². The van der Waals surface area contributed by atoms with Crippen LogP contribution in [-0.4, -0.2) is 49.0 Å². The third kappa shape index (κ3) is 4.62. The SMILES string of the molecule is Cc1ccc(C(=O)NCc2ccc(N3CCN(C)CC3)cc2)cc1[N+](=O)[O-]. The zero-order chi connectivity index (χ0) is 19.4. The van der Waals surface area contributed by atoms with E-state index >= 15 is 0 Å². The molecule has 1 heterocycles. The van der Waals surface area contributed by atoms with E-state index in [0.29, 0.717) is 17.7 Å². The second-order valence-corrected chi connectivity index (χ2v) is 6.90. The first kappa shape index (κ1) is 18.8. The van der Waals surface area contributed by atoms with Gasteiger partial charge in [0.1, 0.15) is 0 Å². The topological polar surface area (TPSA) is 78.7 Å². The van der Waals surface area contributed by atoms with Crippen molar-refractivity contribution in [3.05, 3.63) is 69.3 Å². The molecule has 0 spiro atoms. The van der Waals surface area contributed by atoms with E-state index in [0.717, 1.165) is 31.7 Å². The van der Waals surface area contributed by atoms with Crippen LogP contribution in [0.1, 0.15) is 21.5 Å². The van der Waals surface area contributed by atoms with Gasteiger partial charge in [0.2, 0.25) is 0 Å². The highest BCUT2D eigenvalue weighted by Gasteiger charge is 2.16. The van der Waals surface area contributed by atoms with E-state index in [2.05, 4.69) is 34.3 Å². The smallest absolute Gasteiger partial charge is 0.273 e. The van der Waals surface area contributed by atoms with Crippen molar-refractivity contribution in [3.8, 4) is 0 Å². The van der Waals surface area contributed by atoms with Gasteiger partial charge < -0.3 is 15.1 Å². The fourth-order valence-corrected chi connectivity index (χ4v) is 3.12. The number of benzene rings is 2. The lowest BCUT2D eigenvalue weighted by atomic mass is 10.1. The summed E-state index contributed by atoms with van der Waals surface area (Å²) in [6.45, 7) is 6.17. The van der Waals surface area contributed by atoms with Crippen molar-refractivity contribution in [2.24, 2.45) is 0 Å². The van der Waals surface area contributed by atoms with E-state index < -0.39 is 4.92 Å². The van der Waals surface area contributed by atoms with Crippen molar-refractivity contribution in [1.29, 1.82) is 0 Å². The Balaban J connectivity index is 1.59. The first-order valence-corrected chi connectivity index (χ1v) is 9.00. The highest BCUT2D eigenvalue weighted by molar-refractivity contribution is 5.94. The number of anilines is 1. The number of rotatable bonds is 5. The number of aryl methyl sites for hydroxylation is 1. The van der Waals surface area contributed by atoms with Gasteiger partial charge in [-0.25, -0.2) is 0 Å². The van der Waals surface area contributed by atoms with Crippen molar-refractivity contribution in [2.75, 3.05) is 38.1 Å². The summed E-state index contributed by atoms with van der Waals surface area (Å²) in [5.74, 6) is -0.318. The second-order valence-electron chi connectivity index (χ2n) is 6.90. The predicted molar refractivity (Wildman–Crippen MR) is 105 cm³/mol. The maximum absolute atomic E-state index is 12.3. The van der Waals surface area contributed by atoms with Crippen LogP contribution in [0.25, 0.3) is 0 Å². The van der Waals surface area contributed by atoms with E-state index in [4.69, 9.17) is 0 Å². The van der Waals surface area contributed by atoms with Gasteiger partial charge in [0, 0.05) is 55.6 Å². The first-order valence-electron chi connectivity index (χ1n) is 9.00. The molecule has 142 valence electrons. The number of piperazine rings is 1. The Hall–Kier alpha value is -2.93. The normalized spacial score (nSPS) is 14.8. The number of nitrogens with zero attached hydrogens (tertiary/aromatic N) is 3. The lowest BCUT2D eigenvalue weighted by Gasteiger charge is -2.34. The van der Waals surface area contributed by atoms with Crippen molar-refractivity contribution in [2.45, 2.75) is 13.5 Å². The molecular formula is C20H24N4O3. The fraction of sp³-hybridized carbons (Fsp3) is 0.350. The monoisotopic (exact) mass is 368 g/mol. The van der Waals surface area contributed by atoms with Gasteiger partial charge >= 0.3 is 0 Å². The maximum Gasteiger partial charge on any atom is 0.273 e. The summed E-state index contributed by atoms with van der Waals surface area (Å²) in [7, 11) is 2.13. The minimum absolute atomic E-state index is 0.0424. The van der Waals surface area contributed by atoms with Crippen molar-refractivity contribution >= 4 is 17.3 Å². The Kier molecular flexibility index (Phi) is 5.71. The molecule has 0 unspecified atom stereocenters. The van der Waals surface area contributed by atoms with Crippen molar-refractivity contribution < 1.29 is 9.72 Å². The number of hydrogen-bond acceptors (Lipinski definition) is 5.